The van der Waals surface area contributed by atoms with E-state index in [1.807, 2.05) is 11.4 Å². The zero-order valence-electron chi connectivity index (χ0n) is 18.1. The standard InChI is InChI=1S/C25H31NO4S/c1-25(2)15-11-20(25)17(7-5-3-4-6-8-23(28)29)21(12-15)26-24(30)19-14-31-22-10-9-16(27)13-18(19)22/h3,5,9-10,13-15,17,20-21,27H,4,6-8,11-12H2,1-2H3,(H,26,30)(H,28,29)/t15-,17+,20+,21+/m0/s1. The van der Waals surface area contributed by atoms with Crippen molar-refractivity contribution in [3.63, 3.8) is 0 Å². The Morgan fingerprint density at radius 3 is 2.81 bits per heavy atom. The van der Waals surface area contributed by atoms with E-state index in [0.717, 1.165) is 29.3 Å². The van der Waals surface area contributed by atoms with Crippen LogP contribution in [0.5, 0.6) is 5.75 Å². The summed E-state index contributed by atoms with van der Waals surface area (Å²) in [5.74, 6) is 0.978. The van der Waals surface area contributed by atoms with E-state index in [1.54, 1.807) is 12.1 Å². The number of unbranched alkanes of at least 4 members (excludes halogenated alkanes) is 1. The Bertz CT molecular complexity index is 1010. The number of phenolic OH excluding ortho intramolecular Hbond substituents is 1. The number of hydrogen-bond donors (Lipinski definition) is 3. The van der Waals surface area contributed by atoms with Crippen molar-refractivity contribution in [2.45, 2.75) is 58.4 Å². The van der Waals surface area contributed by atoms with Gasteiger partial charge in [-0.1, -0.05) is 26.0 Å². The number of nitrogens with one attached hydrogen (secondary N) is 1. The molecule has 3 saturated carbocycles. The van der Waals surface area contributed by atoms with Crippen molar-refractivity contribution < 1.29 is 19.8 Å². The molecule has 0 spiro atoms. The molecular formula is C25H31NO4S. The Morgan fingerprint density at radius 2 is 2.06 bits per heavy atom. The molecule has 2 bridgehead atoms. The van der Waals surface area contributed by atoms with Gasteiger partial charge in [-0.25, -0.2) is 0 Å². The van der Waals surface area contributed by atoms with Crippen LogP contribution in [0.15, 0.2) is 35.7 Å². The molecule has 0 unspecified atom stereocenters. The zero-order chi connectivity index (χ0) is 22.2. The van der Waals surface area contributed by atoms with Crippen LogP contribution in [0.25, 0.3) is 10.1 Å². The molecule has 1 aromatic carbocycles. The predicted molar refractivity (Wildman–Crippen MR) is 123 cm³/mol. The smallest absolute Gasteiger partial charge is 0.303 e. The van der Waals surface area contributed by atoms with Gasteiger partial charge in [0.1, 0.15) is 5.75 Å². The lowest BCUT2D eigenvalue weighted by Crippen LogP contribution is -2.61. The number of allylic oxidation sites excluding steroid dienone is 2. The van der Waals surface area contributed by atoms with E-state index in [9.17, 15) is 14.7 Å². The highest BCUT2D eigenvalue weighted by Gasteiger charge is 2.57. The summed E-state index contributed by atoms with van der Waals surface area (Å²) in [5, 5.41) is 24.6. The lowest BCUT2D eigenvalue weighted by molar-refractivity contribution is -0.137. The number of benzene rings is 1. The van der Waals surface area contributed by atoms with Crippen LogP contribution in [0.2, 0.25) is 0 Å². The molecule has 3 N–H and O–H groups in total. The summed E-state index contributed by atoms with van der Waals surface area (Å²) in [5.41, 5.74) is 0.946. The van der Waals surface area contributed by atoms with E-state index >= 15 is 0 Å². The second kappa shape index (κ2) is 8.65. The number of carboxylic acid groups (broad SMARTS) is 1. The van der Waals surface area contributed by atoms with Gasteiger partial charge < -0.3 is 15.5 Å². The number of phenols is 1. The van der Waals surface area contributed by atoms with E-state index in [4.69, 9.17) is 5.11 Å². The largest absolute Gasteiger partial charge is 0.508 e. The Labute approximate surface area is 187 Å². The molecule has 4 atom stereocenters. The molecule has 0 saturated heterocycles. The summed E-state index contributed by atoms with van der Waals surface area (Å²) in [7, 11) is 0. The van der Waals surface area contributed by atoms with Crippen molar-refractivity contribution >= 4 is 33.3 Å². The molecule has 2 aromatic rings. The van der Waals surface area contributed by atoms with E-state index in [1.165, 1.54) is 17.8 Å². The highest BCUT2D eigenvalue weighted by atomic mass is 32.1. The lowest BCUT2D eigenvalue weighted by atomic mass is 9.44. The van der Waals surface area contributed by atoms with Crippen molar-refractivity contribution in [1.29, 1.82) is 0 Å². The van der Waals surface area contributed by atoms with Gasteiger partial charge in [0, 0.05) is 27.9 Å². The van der Waals surface area contributed by atoms with E-state index < -0.39 is 5.97 Å². The number of fused-ring (bicyclic) bond motifs is 3. The van der Waals surface area contributed by atoms with Crippen LogP contribution in [-0.2, 0) is 4.79 Å². The zero-order valence-corrected chi connectivity index (χ0v) is 19.0. The van der Waals surface area contributed by atoms with Crippen LogP contribution in [0, 0.1) is 23.2 Å². The van der Waals surface area contributed by atoms with Gasteiger partial charge in [-0.05, 0) is 73.5 Å². The third kappa shape index (κ3) is 4.36. The average Bonchev–Trinajstić information content (AvgIpc) is 3.13. The highest BCUT2D eigenvalue weighted by Crippen LogP contribution is 2.62. The quantitative estimate of drug-likeness (QED) is 0.368. The van der Waals surface area contributed by atoms with Crippen LogP contribution in [0.1, 0.15) is 62.7 Å². The van der Waals surface area contributed by atoms with Crippen molar-refractivity contribution in [2.24, 2.45) is 23.2 Å². The molecule has 1 aromatic heterocycles. The molecule has 31 heavy (non-hydrogen) atoms. The number of carbonyl (C=O) groups excluding carboxylic acids is 1. The fourth-order valence-electron chi connectivity index (χ4n) is 5.62. The molecule has 166 valence electrons. The van der Waals surface area contributed by atoms with Crippen molar-refractivity contribution in [1.82, 2.24) is 5.32 Å². The topological polar surface area (TPSA) is 86.6 Å². The first kappa shape index (κ1) is 21.9. The van der Waals surface area contributed by atoms with E-state index in [-0.39, 0.29) is 24.1 Å². The summed E-state index contributed by atoms with van der Waals surface area (Å²) < 4.78 is 0.997. The maximum atomic E-state index is 13.1. The first-order valence-electron chi connectivity index (χ1n) is 11.1. The summed E-state index contributed by atoms with van der Waals surface area (Å²) in [6.45, 7) is 4.70. The fourth-order valence-corrected chi connectivity index (χ4v) is 6.54. The third-order valence-corrected chi connectivity index (χ3v) is 8.54. The first-order chi connectivity index (χ1) is 14.8. The Morgan fingerprint density at radius 1 is 1.26 bits per heavy atom. The molecule has 0 radical (unpaired) electrons. The van der Waals surface area contributed by atoms with Crippen LogP contribution in [0.3, 0.4) is 0 Å². The number of thiophene rings is 1. The number of amides is 1. The minimum atomic E-state index is -0.750. The van der Waals surface area contributed by atoms with Crippen LogP contribution < -0.4 is 5.32 Å². The van der Waals surface area contributed by atoms with Gasteiger partial charge in [0.25, 0.3) is 5.91 Å². The maximum absolute atomic E-state index is 13.1. The Hall–Kier alpha value is -2.34. The second-order valence-electron chi connectivity index (χ2n) is 9.66. The van der Waals surface area contributed by atoms with E-state index in [0.29, 0.717) is 35.2 Å². The number of carbonyl (C=O) groups is 2. The third-order valence-electron chi connectivity index (χ3n) is 7.57. The molecule has 1 amide bonds. The molecule has 3 fully saturated rings. The summed E-state index contributed by atoms with van der Waals surface area (Å²) >= 11 is 1.52. The predicted octanol–water partition coefficient (Wildman–Crippen LogP) is 5.59. The Kier molecular flexibility index (Phi) is 6.11. The summed E-state index contributed by atoms with van der Waals surface area (Å²) in [6.07, 6.45) is 9.04. The molecule has 5 nitrogen and oxygen atoms in total. The second-order valence-corrected chi connectivity index (χ2v) is 10.6. The van der Waals surface area contributed by atoms with Gasteiger partial charge >= 0.3 is 5.97 Å². The van der Waals surface area contributed by atoms with Crippen molar-refractivity contribution in [3.05, 3.63) is 41.3 Å². The summed E-state index contributed by atoms with van der Waals surface area (Å²) in [6, 6.07) is 5.30. The fraction of sp³-hybridized carbons (Fsp3) is 0.520. The molecule has 1 heterocycles. The molecule has 6 heteroatoms. The SMILES string of the molecule is CC1(C)[C@H]2C[C@@H]1[C@@H](CC=CCCCC(=O)O)[C@H](NC(=O)c1csc3ccc(O)cc13)C2. The molecule has 5 rings (SSSR count). The molecule has 3 aliphatic carbocycles. The van der Waals surface area contributed by atoms with Crippen molar-refractivity contribution in [2.75, 3.05) is 0 Å². The van der Waals surface area contributed by atoms with Gasteiger partial charge in [-0.15, -0.1) is 11.3 Å². The minimum Gasteiger partial charge on any atom is -0.508 e. The molecule has 3 aliphatic rings. The first-order valence-corrected chi connectivity index (χ1v) is 12.0. The monoisotopic (exact) mass is 441 g/mol. The van der Waals surface area contributed by atoms with Crippen LogP contribution in [-0.4, -0.2) is 28.1 Å². The highest BCUT2D eigenvalue weighted by molar-refractivity contribution is 7.17. The van der Waals surface area contributed by atoms with Crippen LogP contribution in [0.4, 0.5) is 0 Å². The number of rotatable bonds is 8. The normalized spacial score (nSPS) is 26.6. The maximum Gasteiger partial charge on any atom is 0.303 e. The average molecular weight is 442 g/mol. The van der Waals surface area contributed by atoms with Gasteiger partial charge in [0.15, 0.2) is 0 Å². The summed E-state index contributed by atoms with van der Waals surface area (Å²) in [4.78, 5) is 23.8. The lowest BCUT2D eigenvalue weighted by Gasteiger charge is -2.62. The van der Waals surface area contributed by atoms with Crippen LogP contribution >= 0.6 is 11.3 Å². The van der Waals surface area contributed by atoms with Gasteiger partial charge in [-0.3, -0.25) is 9.59 Å². The molecular weight excluding hydrogens is 410 g/mol. The molecule has 0 aliphatic heterocycles. The number of carboxylic acids is 1. The number of aliphatic carboxylic acids is 1. The number of hydrogen-bond acceptors (Lipinski definition) is 4. The van der Waals surface area contributed by atoms with Crippen molar-refractivity contribution in [3.8, 4) is 5.75 Å². The number of aromatic hydroxyl groups is 1. The van der Waals surface area contributed by atoms with Gasteiger partial charge in [-0.2, -0.15) is 0 Å². The van der Waals surface area contributed by atoms with Gasteiger partial charge in [0.05, 0.1) is 5.56 Å². The van der Waals surface area contributed by atoms with E-state index in [2.05, 4.69) is 31.3 Å². The minimum absolute atomic E-state index is 0.0589. The van der Waals surface area contributed by atoms with Gasteiger partial charge in [0.2, 0.25) is 0 Å². The Balaban J connectivity index is 1.45.